The van der Waals surface area contributed by atoms with Gasteiger partial charge in [0, 0.05) is 5.56 Å². The maximum absolute atomic E-state index is 13.3. The van der Waals surface area contributed by atoms with Gasteiger partial charge in [0.15, 0.2) is 0 Å². The van der Waals surface area contributed by atoms with Crippen LogP contribution >= 0.6 is 11.3 Å². The van der Waals surface area contributed by atoms with Gasteiger partial charge in [0.1, 0.15) is 23.2 Å². The summed E-state index contributed by atoms with van der Waals surface area (Å²) in [6.45, 7) is 0.0364. The Labute approximate surface area is 163 Å². The number of alkyl halides is 3. The predicted molar refractivity (Wildman–Crippen MR) is 101 cm³/mol. The molecule has 1 N–H and O–H groups in total. The molecule has 9 heteroatoms. The van der Waals surface area contributed by atoms with Crippen LogP contribution in [-0.2, 0) is 22.6 Å². The molecule has 0 aliphatic rings. The van der Waals surface area contributed by atoms with Crippen LogP contribution < -0.4 is 10.1 Å². The van der Waals surface area contributed by atoms with Gasteiger partial charge in [-0.15, -0.1) is 11.3 Å². The Morgan fingerprint density at radius 2 is 1.86 bits per heavy atom. The zero-order valence-electron chi connectivity index (χ0n) is 15.0. The fourth-order valence-corrected chi connectivity index (χ4v) is 3.42. The minimum Gasteiger partial charge on any atom is -0.497 e. The lowest BCUT2D eigenvalue weighted by Gasteiger charge is -2.13. The van der Waals surface area contributed by atoms with E-state index < -0.39 is 11.7 Å². The molecule has 1 aromatic heterocycles. The summed E-state index contributed by atoms with van der Waals surface area (Å²) in [4.78, 5) is 14.7. The van der Waals surface area contributed by atoms with Crippen molar-refractivity contribution in [3.05, 3.63) is 59.0 Å². The number of nitrogens with zero attached hydrogens (tertiary/aromatic N) is 1. The van der Waals surface area contributed by atoms with Crippen molar-refractivity contribution in [2.24, 2.45) is 0 Å². The fraction of sp³-hybridized carbons (Fsp3) is 0.211. The van der Waals surface area contributed by atoms with Crippen LogP contribution in [0.2, 0.25) is 0 Å². The number of aromatic nitrogens is 1. The Kier molecular flexibility index (Phi) is 6.18. The molecule has 3 aromatic rings. The number of methoxy groups -OCH3 is 1. The highest BCUT2D eigenvalue weighted by molar-refractivity contribution is 7.15. The lowest BCUT2D eigenvalue weighted by molar-refractivity contribution is -0.281. The molecule has 5 nitrogen and oxygen atoms in total. The Bertz CT molecular complexity index is 944. The molecule has 0 aliphatic heterocycles. The highest BCUT2D eigenvalue weighted by atomic mass is 32.1. The molecule has 0 unspecified atom stereocenters. The quantitative estimate of drug-likeness (QED) is 0.402. The molecule has 1 heterocycles. The first-order valence-corrected chi connectivity index (χ1v) is 8.97. The summed E-state index contributed by atoms with van der Waals surface area (Å²) >= 11 is 1.29. The normalized spacial score (nSPS) is 11.5. The molecule has 2 aromatic carbocycles. The second-order valence-corrected chi connectivity index (χ2v) is 6.70. The van der Waals surface area contributed by atoms with Crippen LogP contribution in [0.5, 0.6) is 5.75 Å². The van der Waals surface area contributed by atoms with Crippen LogP contribution in [0.25, 0.3) is 10.6 Å². The van der Waals surface area contributed by atoms with Crippen LogP contribution in [0.1, 0.15) is 10.4 Å². The Balaban J connectivity index is 1.99. The second kappa shape index (κ2) is 8.59. The van der Waals surface area contributed by atoms with Crippen LogP contribution in [-0.4, -0.2) is 19.2 Å². The van der Waals surface area contributed by atoms with Crippen molar-refractivity contribution in [2.45, 2.75) is 12.8 Å². The second-order valence-electron chi connectivity index (χ2n) is 5.62. The van der Waals surface area contributed by atoms with Crippen molar-refractivity contribution >= 4 is 22.8 Å². The number of thiazole rings is 1. The average Bonchev–Trinajstić information content (AvgIpc) is 3.08. The number of hydrogen-bond donors (Lipinski definition) is 1. The first kappa shape index (κ1) is 20.1. The maximum atomic E-state index is 13.3. The maximum Gasteiger partial charge on any atom is 0.418 e. The number of nitrogens with one attached hydrogen (secondary N) is 1. The molecule has 0 bridgehead atoms. The van der Waals surface area contributed by atoms with Crippen LogP contribution in [0.4, 0.5) is 24.7 Å². The number of anilines is 2. The molecule has 0 amide bonds. The van der Waals surface area contributed by atoms with Gasteiger partial charge in [-0.25, -0.2) is 14.8 Å². The molecule has 0 saturated carbocycles. The summed E-state index contributed by atoms with van der Waals surface area (Å²) in [5.41, 5.74) is -0.0825. The highest BCUT2D eigenvalue weighted by Gasteiger charge is 2.33. The summed E-state index contributed by atoms with van der Waals surface area (Å²) in [6, 6.07) is 12.5. The topological polar surface area (TPSA) is 52.6 Å². The minimum absolute atomic E-state index is 0.0364. The Morgan fingerprint density at radius 1 is 1.07 bits per heavy atom. The van der Waals surface area contributed by atoms with E-state index >= 15 is 0 Å². The Morgan fingerprint density at radius 3 is 2.57 bits per heavy atom. The molecular formula is C19H17F3N2O3S. The summed E-state index contributed by atoms with van der Waals surface area (Å²) in [7, 11) is 2.91. The fourth-order valence-electron chi connectivity index (χ4n) is 2.51. The minimum atomic E-state index is -4.49. The highest BCUT2D eigenvalue weighted by Crippen LogP contribution is 2.38. The van der Waals surface area contributed by atoms with Crippen molar-refractivity contribution in [3.63, 3.8) is 0 Å². The van der Waals surface area contributed by atoms with Gasteiger partial charge >= 0.3 is 6.18 Å². The van der Waals surface area contributed by atoms with Gasteiger partial charge in [-0.1, -0.05) is 24.3 Å². The molecule has 3 rings (SSSR count). The monoisotopic (exact) mass is 410 g/mol. The summed E-state index contributed by atoms with van der Waals surface area (Å²) in [6.07, 6.45) is -4.49. The lowest BCUT2D eigenvalue weighted by atomic mass is 10.1. The molecule has 0 aliphatic carbocycles. The van der Waals surface area contributed by atoms with E-state index in [4.69, 9.17) is 9.62 Å². The van der Waals surface area contributed by atoms with E-state index in [9.17, 15) is 13.2 Å². The van der Waals surface area contributed by atoms with Gasteiger partial charge in [0.05, 0.1) is 30.3 Å². The predicted octanol–water partition coefficient (Wildman–Crippen LogP) is 5.66. The van der Waals surface area contributed by atoms with Crippen molar-refractivity contribution in [2.75, 3.05) is 19.5 Å². The van der Waals surface area contributed by atoms with Crippen LogP contribution in [0.3, 0.4) is 0 Å². The molecule has 148 valence electrons. The van der Waals surface area contributed by atoms with Gasteiger partial charge < -0.3 is 10.1 Å². The molecule has 0 spiro atoms. The van der Waals surface area contributed by atoms with Gasteiger partial charge in [-0.3, -0.25) is 0 Å². The van der Waals surface area contributed by atoms with Crippen LogP contribution in [0, 0.1) is 0 Å². The summed E-state index contributed by atoms with van der Waals surface area (Å²) < 4.78 is 45.1. The molecule has 28 heavy (non-hydrogen) atoms. The number of hydrogen-bond acceptors (Lipinski definition) is 6. The number of rotatable bonds is 7. The standard InChI is InChI=1S/C19H17F3N2O3S/c1-25-13-7-5-6-12(10-13)18-24-17(16(28-18)11-27-26-2)23-15-9-4-3-8-14(15)19(20,21)22/h3-10,23H,11H2,1-2H3. The van der Waals surface area contributed by atoms with E-state index in [1.807, 2.05) is 12.1 Å². The SMILES string of the molecule is COOCc1sc(-c2cccc(OC)c2)nc1Nc1ccccc1C(F)(F)F. The largest absolute Gasteiger partial charge is 0.497 e. The smallest absolute Gasteiger partial charge is 0.418 e. The van der Waals surface area contributed by atoms with Gasteiger partial charge in [0.2, 0.25) is 0 Å². The lowest BCUT2D eigenvalue weighted by Crippen LogP contribution is -2.09. The van der Waals surface area contributed by atoms with Crippen molar-refractivity contribution in [3.8, 4) is 16.3 Å². The van der Waals surface area contributed by atoms with Gasteiger partial charge in [-0.05, 0) is 24.3 Å². The van der Waals surface area contributed by atoms with E-state index in [2.05, 4.69) is 15.2 Å². The average molecular weight is 410 g/mol. The van der Waals surface area contributed by atoms with E-state index in [1.165, 1.54) is 36.6 Å². The first-order chi connectivity index (χ1) is 13.4. The molecule has 0 saturated heterocycles. The zero-order valence-corrected chi connectivity index (χ0v) is 15.9. The first-order valence-electron chi connectivity index (χ1n) is 8.15. The summed E-state index contributed by atoms with van der Waals surface area (Å²) in [5.74, 6) is 0.927. The Hall–Kier alpha value is -2.62. The molecule has 0 fully saturated rings. The van der Waals surface area contributed by atoms with Crippen molar-refractivity contribution in [1.29, 1.82) is 0 Å². The summed E-state index contributed by atoms with van der Waals surface area (Å²) in [5, 5.41) is 3.40. The van der Waals surface area contributed by atoms with Crippen molar-refractivity contribution < 1.29 is 27.7 Å². The van der Waals surface area contributed by atoms with E-state index in [0.29, 0.717) is 15.6 Å². The number of benzene rings is 2. The van der Waals surface area contributed by atoms with E-state index in [0.717, 1.165) is 11.6 Å². The molecular weight excluding hydrogens is 393 g/mol. The van der Waals surface area contributed by atoms with Gasteiger partial charge in [0.25, 0.3) is 0 Å². The zero-order chi connectivity index (χ0) is 20.1. The third-order valence-electron chi connectivity index (χ3n) is 3.81. The molecule has 0 atom stereocenters. The third kappa shape index (κ3) is 4.61. The van der Waals surface area contributed by atoms with Crippen molar-refractivity contribution in [1.82, 2.24) is 4.98 Å². The van der Waals surface area contributed by atoms with E-state index in [1.54, 1.807) is 19.2 Å². The van der Waals surface area contributed by atoms with Gasteiger partial charge in [-0.2, -0.15) is 13.2 Å². The number of ether oxygens (including phenoxy) is 1. The molecule has 0 radical (unpaired) electrons. The van der Waals surface area contributed by atoms with E-state index in [-0.39, 0.29) is 18.1 Å². The number of halogens is 3. The number of para-hydroxylation sites is 1. The van der Waals surface area contributed by atoms with Crippen LogP contribution in [0.15, 0.2) is 48.5 Å². The third-order valence-corrected chi connectivity index (χ3v) is 4.89.